The number of rotatable bonds is 5. The Labute approximate surface area is 115 Å². The zero-order valence-corrected chi connectivity index (χ0v) is 11.4. The number of aliphatic hydroxyl groups is 1. The quantitative estimate of drug-likeness (QED) is 0.883. The van der Waals surface area contributed by atoms with E-state index in [2.05, 4.69) is 12.1 Å². The molecule has 1 heterocycles. The first-order chi connectivity index (χ1) is 9.29. The standard InChI is InChI=1S/C16H23NO2/c18-12-10-15-7-4-11-17(13-15)16(19)9-8-14-5-2-1-3-6-14/h1-3,5-6,15,18H,4,7-13H2. The van der Waals surface area contributed by atoms with E-state index < -0.39 is 0 Å². The van der Waals surface area contributed by atoms with Gasteiger partial charge in [0.05, 0.1) is 0 Å². The van der Waals surface area contributed by atoms with Gasteiger partial charge in [-0.2, -0.15) is 0 Å². The number of piperidine rings is 1. The van der Waals surface area contributed by atoms with Crippen LogP contribution in [0.4, 0.5) is 0 Å². The van der Waals surface area contributed by atoms with E-state index in [9.17, 15) is 4.79 Å². The molecule has 1 aliphatic rings. The molecule has 1 atom stereocenters. The molecule has 19 heavy (non-hydrogen) atoms. The van der Waals surface area contributed by atoms with Crippen molar-refractivity contribution in [3.63, 3.8) is 0 Å². The van der Waals surface area contributed by atoms with Crippen LogP contribution in [0.1, 0.15) is 31.2 Å². The maximum absolute atomic E-state index is 12.2. The highest BCUT2D eigenvalue weighted by Gasteiger charge is 2.22. The second kappa shape index (κ2) is 7.29. The summed E-state index contributed by atoms with van der Waals surface area (Å²) >= 11 is 0. The number of benzene rings is 1. The number of carbonyl (C=O) groups excluding carboxylic acids is 1. The minimum absolute atomic E-state index is 0.233. The van der Waals surface area contributed by atoms with Crippen molar-refractivity contribution in [1.82, 2.24) is 4.90 Å². The molecule has 1 amide bonds. The fourth-order valence-corrected chi connectivity index (χ4v) is 2.76. The van der Waals surface area contributed by atoms with Gasteiger partial charge in [0, 0.05) is 26.1 Å². The van der Waals surface area contributed by atoms with Crippen molar-refractivity contribution >= 4 is 5.91 Å². The van der Waals surface area contributed by atoms with Crippen molar-refractivity contribution in [2.45, 2.75) is 32.1 Å². The normalized spacial score (nSPS) is 19.4. The van der Waals surface area contributed by atoms with E-state index in [-0.39, 0.29) is 12.5 Å². The van der Waals surface area contributed by atoms with Gasteiger partial charge in [0.1, 0.15) is 0 Å². The predicted molar refractivity (Wildman–Crippen MR) is 75.8 cm³/mol. The fraction of sp³-hybridized carbons (Fsp3) is 0.562. The van der Waals surface area contributed by atoms with E-state index in [1.807, 2.05) is 23.1 Å². The van der Waals surface area contributed by atoms with Gasteiger partial charge in [-0.25, -0.2) is 0 Å². The van der Waals surface area contributed by atoms with Crippen molar-refractivity contribution < 1.29 is 9.90 Å². The molecule has 0 bridgehead atoms. The largest absolute Gasteiger partial charge is 0.396 e. The fourth-order valence-electron chi connectivity index (χ4n) is 2.76. The first-order valence-corrected chi connectivity index (χ1v) is 7.22. The number of aliphatic hydroxyl groups excluding tert-OH is 1. The summed E-state index contributed by atoms with van der Waals surface area (Å²) in [5.74, 6) is 0.742. The van der Waals surface area contributed by atoms with Crippen molar-refractivity contribution in [3.05, 3.63) is 35.9 Å². The topological polar surface area (TPSA) is 40.5 Å². The monoisotopic (exact) mass is 261 g/mol. The van der Waals surface area contributed by atoms with E-state index in [4.69, 9.17) is 5.11 Å². The van der Waals surface area contributed by atoms with Crippen LogP contribution in [0, 0.1) is 5.92 Å². The van der Waals surface area contributed by atoms with Crippen LogP contribution < -0.4 is 0 Å². The number of amides is 1. The van der Waals surface area contributed by atoms with Gasteiger partial charge >= 0.3 is 0 Å². The van der Waals surface area contributed by atoms with Crippen LogP contribution in [0.25, 0.3) is 0 Å². The molecule has 0 saturated carbocycles. The smallest absolute Gasteiger partial charge is 0.222 e. The highest BCUT2D eigenvalue weighted by atomic mass is 16.3. The van der Waals surface area contributed by atoms with E-state index in [1.165, 1.54) is 5.56 Å². The highest BCUT2D eigenvalue weighted by molar-refractivity contribution is 5.76. The Bertz CT molecular complexity index is 389. The Morgan fingerprint density at radius 1 is 1.32 bits per heavy atom. The minimum atomic E-state index is 0.233. The SMILES string of the molecule is O=C(CCc1ccccc1)N1CCCC(CCO)C1. The lowest BCUT2D eigenvalue weighted by molar-refractivity contribution is -0.133. The third kappa shape index (κ3) is 4.35. The van der Waals surface area contributed by atoms with Crippen LogP contribution in [-0.2, 0) is 11.2 Å². The Kier molecular flexibility index (Phi) is 5.40. The summed E-state index contributed by atoms with van der Waals surface area (Å²) in [6.45, 7) is 1.94. The zero-order chi connectivity index (χ0) is 13.5. The summed E-state index contributed by atoms with van der Waals surface area (Å²) in [5.41, 5.74) is 1.22. The molecule has 1 fully saturated rings. The van der Waals surface area contributed by atoms with Crippen molar-refractivity contribution in [2.24, 2.45) is 5.92 Å². The van der Waals surface area contributed by atoms with E-state index in [1.54, 1.807) is 0 Å². The molecule has 1 aromatic rings. The predicted octanol–water partition coefficient (Wildman–Crippen LogP) is 2.24. The third-order valence-corrected chi connectivity index (χ3v) is 3.88. The molecule has 1 aromatic carbocycles. The maximum atomic E-state index is 12.2. The number of carbonyl (C=O) groups is 1. The zero-order valence-electron chi connectivity index (χ0n) is 11.4. The first-order valence-electron chi connectivity index (χ1n) is 7.22. The number of nitrogens with zero attached hydrogens (tertiary/aromatic N) is 1. The molecule has 1 N–H and O–H groups in total. The summed E-state index contributed by atoms with van der Waals surface area (Å²) in [7, 11) is 0. The van der Waals surface area contributed by atoms with Crippen LogP contribution in [0.2, 0.25) is 0 Å². The lowest BCUT2D eigenvalue weighted by Gasteiger charge is -2.32. The number of likely N-dealkylation sites (tertiary alicyclic amines) is 1. The molecule has 3 heteroatoms. The van der Waals surface area contributed by atoms with Gasteiger partial charge in [0.25, 0.3) is 0 Å². The molecule has 1 aliphatic heterocycles. The minimum Gasteiger partial charge on any atom is -0.396 e. The molecule has 0 radical (unpaired) electrons. The number of hydrogen-bond acceptors (Lipinski definition) is 2. The average Bonchev–Trinajstić information content (AvgIpc) is 2.46. The summed E-state index contributed by atoms with van der Waals surface area (Å²) in [6, 6.07) is 10.2. The third-order valence-electron chi connectivity index (χ3n) is 3.88. The van der Waals surface area contributed by atoms with E-state index >= 15 is 0 Å². The van der Waals surface area contributed by atoms with Crippen molar-refractivity contribution in [1.29, 1.82) is 0 Å². The molecule has 0 spiro atoms. The van der Waals surface area contributed by atoms with Crippen molar-refractivity contribution in [2.75, 3.05) is 19.7 Å². The highest BCUT2D eigenvalue weighted by Crippen LogP contribution is 2.20. The molecule has 1 unspecified atom stereocenters. The van der Waals surface area contributed by atoms with Crippen LogP contribution in [0.5, 0.6) is 0 Å². The first kappa shape index (κ1) is 14.1. The Hall–Kier alpha value is -1.35. The lowest BCUT2D eigenvalue weighted by atomic mass is 9.95. The van der Waals surface area contributed by atoms with Gasteiger partial charge in [0.15, 0.2) is 0 Å². The summed E-state index contributed by atoms with van der Waals surface area (Å²) in [5, 5.41) is 8.99. The van der Waals surface area contributed by atoms with Crippen LogP contribution in [-0.4, -0.2) is 35.6 Å². The van der Waals surface area contributed by atoms with Gasteiger partial charge in [-0.15, -0.1) is 0 Å². The number of hydrogen-bond donors (Lipinski definition) is 1. The van der Waals surface area contributed by atoms with E-state index in [0.29, 0.717) is 12.3 Å². The van der Waals surface area contributed by atoms with E-state index in [0.717, 1.165) is 38.8 Å². The Morgan fingerprint density at radius 3 is 2.84 bits per heavy atom. The molecular formula is C16H23NO2. The molecule has 2 rings (SSSR count). The van der Waals surface area contributed by atoms with Crippen LogP contribution >= 0.6 is 0 Å². The summed E-state index contributed by atoms with van der Waals surface area (Å²) < 4.78 is 0. The van der Waals surface area contributed by atoms with Crippen LogP contribution in [0.3, 0.4) is 0 Å². The summed E-state index contributed by atoms with van der Waals surface area (Å²) in [6.07, 6.45) is 4.45. The second-order valence-corrected chi connectivity index (χ2v) is 5.35. The molecular weight excluding hydrogens is 238 g/mol. The van der Waals surface area contributed by atoms with Gasteiger partial charge < -0.3 is 10.0 Å². The second-order valence-electron chi connectivity index (χ2n) is 5.35. The molecule has 0 aromatic heterocycles. The molecule has 1 saturated heterocycles. The van der Waals surface area contributed by atoms with Gasteiger partial charge in [0.2, 0.25) is 5.91 Å². The number of aryl methyl sites for hydroxylation is 1. The summed E-state index contributed by atoms with van der Waals surface area (Å²) in [4.78, 5) is 14.2. The van der Waals surface area contributed by atoms with Gasteiger partial charge in [-0.1, -0.05) is 30.3 Å². The Morgan fingerprint density at radius 2 is 2.11 bits per heavy atom. The van der Waals surface area contributed by atoms with Crippen molar-refractivity contribution in [3.8, 4) is 0 Å². The maximum Gasteiger partial charge on any atom is 0.222 e. The van der Waals surface area contributed by atoms with Crippen LogP contribution in [0.15, 0.2) is 30.3 Å². The van der Waals surface area contributed by atoms with Gasteiger partial charge in [-0.05, 0) is 37.2 Å². The molecule has 0 aliphatic carbocycles. The molecule has 104 valence electrons. The average molecular weight is 261 g/mol. The Balaban J connectivity index is 1.79. The lowest BCUT2D eigenvalue weighted by Crippen LogP contribution is -2.40. The van der Waals surface area contributed by atoms with Gasteiger partial charge in [-0.3, -0.25) is 4.79 Å². The molecule has 3 nitrogen and oxygen atoms in total.